The summed E-state index contributed by atoms with van der Waals surface area (Å²) in [5, 5.41) is 11.8. The van der Waals surface area contributed by atoms with Crippen molar-refractivity contribution < 1.29 is 4.74 Å². The Kier molecular flexibility index (Phi) is 8.61. The van der Waals surface area contributed by atoms with E-state index in [9.17, 15) is 0 Å². The van der Waals surface area contributed by atoms with Crippen LogP contribution in [0.15, 0.2) is 0 Å². The third kappa shape index (κ3) is 6.88. The SMILES string of the molecule is CCOCC(NCCCC#N)C(C)C. The Balaban J connectivity index is 3.58. The van der Waals surface area contributed by atoms with Crippen molar-refractivity contribution in [1.82, 2.24) is 5.32 Å². The van der Waals surface area contributed by atoms with E-state index >= 15 is 0 Å². The minimum absolute atomic E-state index is 0.411. The van der Waals surface area contributed by atoms with Crippen LogP contribution in [0.5, 0.6) is 0 Å². The van der Waals surface area contributed by atoms with Crippen LogP contribution in [0.25, 0.3) is 0 Å². The molecule has 0 aliphatic carbocycles. The zero-order valence-corrected chi connectivity index (χ0v) is 9.55. The first-order valence-electron chi connectivity index (χ1n) is 5.40. The largest absolute Gasteiger partial charge is 0.380 e. The average molecular weight is 198 g/mol. The van der Waals surface area contributed by atoms with Gasteiger partial charge in [0.1, 0.15) is 0 Å². The van der Waals surface area contributed by atoms with Crippen LogP contribution in [0.3, 0.4) is 0 Å². The number of nitriles is 1. The average Bonchev–Trinajstić information content (AvgIpc) is 2.16. The molecule has 0 heterocycles. The van der Waals surface area contributed by atoms with Crippen LogP contribution in [0.4, 0.5) is 0 Å². The molecule has 1 unspecified atom stereocenters. The molecular weight excluding hydrogens is 176 g/mol. The first-order valence-corrected chi connectivity index (χ1v) is 5.40. The zero-order valence-electron chi connectivity index (χ0n) is 9.55. The second-order valence-corrected chi connectivity index (χ2v) is 3.73. The Morgan fingerprint density at radius 2 is 2.14 bits per heavy atom. The van der Waals surface area contributed by atoms with Crippen molar-refractivity contribution in [3.05, 3.63) is 0 Å². The molecule has 0 aromatic rings. The number of ether oxygens (including phenoxy) is 1. The number of hydrogen-bond donors (Lipinski definition) is 1. The first-order chi connectivity index (χ1) is 6.72. The Hall–Kier alpha value is -0.590. The molecule has 0 amide bonds. The molecule has 1 N–H and O–H groups in total. The van der Waals surface area contributed by atoms with E-state index in [0.717, 1.165) is 26.2 Å². The van der Waals surface area contributed by atoms with Gasteiger partial charge in [-0.2, -0.15) is 5.26 Å². The molecule has 0 bridgehead atoms. The monoisotopic (exact) mass is 198 g/mol. The molecule has 0 aliphatic heterocycles. The number of unbranched alkanes of at least 4 members (excludes halogenated alkanes) is 1. The van der Waals surface area contributed by atoms with Crippen molar-refractivity contribution in [3.8, 4) is 6.07 Å². The molecule has 3 heteroatoms. The van der Waals surface area contributed by atoms with Crippen molar-refractivity contribution in [2.24, 2.45) is 5.92 Å². The van der Waals surface area contributed by atoms with Gasteiger partial charge in [-0.25, -0.2) is 0 Å². The Morgan fingerprint density at radius 1 is 1.43 bits per heavy atom. The van der Waals surface area contributed by atoms with Crippen LogP contribution in [0, 0.1) is 17.2 Å². The minimum atomic E-state index is 0.411. The molecule has 0 spiro atoms. The van der Waals surface area contributed by atoms with Gasteiger partial charge in [0.2, 0.25) is 0 Å². The van der Waals surface area contributed by atoms with Crippen molar-refractivity contribution in [2.75, 3.05) is 19.8 Å². The molecule has 0 aromatic carbocycles. The second-order valence-electron chi connectivity index (χ2n) is 3.73. The molecule has 0 aliphatic rings. The van der Waals surface area contributed by atoms with Gasteiger partial charge in [0, 0.05) is 19.1 Å². The third-order valence-corrected chi connectivity index (χ3v) is 2.18. The standard InChI is InChI=1S/C11H22N2O/c1-4-14-9-11(10(2)3)13-8-6-5-7-12/h10-11,13H,4-6,8-9H2,1-3H3. The van der Waals surface area contributed by atoms with E-state index in [0.29, 0.717) is 18.4 Å². The Labute approximate surface area is 87.4 Å². The van der Waals surface area contributed by atoms with Gasteiger partial charge in [-0.1, -0.05) is 13.8 Å². The summed E-state index contributed by atoms with van der Waals surface area (Å²) in [7, 11) is 0. The lowest BCUT2D eigenvalue weighted by Gasteiger charge is -2.21. The summed E-state index contributed by atoms with van der Waals surface area (Å²) in [6, 6.07) is 2.55. The molecule has 0 aromatic heterocycles. The Bertz CT molecular complexity index is 163. The molecule has 14 heavy (non-hydrogen) atoms. The number of nitrogens with one attached hydrogen (secondary N) is 1. The van der Waals surface area contributed by atoms with Crippen LogP contribution in [-0.2, 0) is 4.74 Å². The summed E-state index contributed by atoms with van der Waals surface area (Å²) >= 11 is 0. The van der Waals surface area contributed by atoms with Gasteiger partial charge in [-0.05, 0) is 25.8 Å². The first kappa shape index (κ1) is 13.4. The van der Waals surface area contributed by atoms with Crippen LogP contribution in [-0.4, -0.2) is 25.8 Å². The molecule has 0 saturated heterocycles. The van der Waals surface area contributed by atoms with Gasteiger partial charge in [0.25, 0.3) is 0 Å². The van der Waals surface area contributed by atoms with Gasteiger partial charge < -0.3 is 10.1 Å². The van der Waals surface area contributed by atoms with Gasteiger partial charge >= 0.3 is 0 Å². The Morgan fingerprint density at radius 3 is 2.64 bits per heavy atom. The number of nitrogens with zero attached hydrogens (tertiary/aromatic N) is 1. The van der Waals surface area contributed by atoms with Crippen LogP contribution < -0.4 is 5.32 Å². The molecule has 82 valence electrons. The van der Waals surface area contributed by atoms with Crippen molar-refractivity contribution in [3.63, 3.8) is 0 Å². The minimum Gasteiger partial charge on any atom is -0.380 e. The summed E-state index contributed by atoms with van der Waals surface area (Å²) in [6.07, 6.45) is 1.55. The highest BCUT2D eigenvalue weighted by molar-refractivity contribution is 4.73. The lowest BCUT2D eigenvalue weighted by Crippen LogP contribution is -2.38. The van der Waals surface area contributed by atoms with Crippen molar-refractivity contribution in [1.29, 1.82) is 5.26 Å². The van der Waals surface area contributed by atoms with Crippen molar-refractivity contribution in [2.45, 2.75) is 39.7 Å². The van der Waals surface area contributed by atoms with Crippen LogP contribution in [0.2, 0.25) is 0 Å². The molecule has 0 radical (unpaired) electrons. The van der Waals surface area contributed by atoms with E-state index in [4.69, 9.17) is 10.00 Å². The summed E-state index contributed by atoms with van der Waals surface area (Å²) in [5.74, 6) is 0.573. The van der Waals surface area contributed by atoms with Gasteiger partial charge in [0.05, 0.1) is 12.7 Å². The maximum atomic E-state index is 8.38. The van der Waals surface area contributed by atoms with Crippen LogP contribution >= 0.6 is 0 Å². The molecule has 0 rings (SSSR count). The molecule has 0 saturated carbocycles. The van der Waals surface area contributed by atoms with Crippen molar-refractivity contribution >= 4 is 0 Å². The second kappa shape index (κ2) is 8.98. The predicted octanol–water partition coefficient (Wildman–Crippen LogP) is 1.94. The topological polar surface area (TPSA) is 45.0 Å². The summed E-state index contributed by atoms with van der Waals surface area (Å²) < 4.78 is 5.39. The molecule has 3 nitrogen and oxygen atoms in total. The van der Waals surface area contributed by atoms with Gasteiger partial charge in [-0.15, -0.1) is 0 Å². The molecule has 0 fully saturated rings. The van der Waals surface area contributed by atoms with E-state index in [2.05, 4.69) is 25.2 Å². The maximum absolute atomic E-state index is 8.38. The summed E-state index contributed by atoms with van der Waals surface area (Å²) in [4.78, 5) is 0. The van der Waals surface area contributed by atoms with Gasteiger partial charge in [-0.3, -0.25) is 0 Å². The van der Waals surface area contributed by atoms with E-state index in [1.54, 1.807) is 0 Å². The van der Waals surface area contributed by atoms with E-state index in [1.807, 2.05) is 6.92 Å². The molecule has 1 atom stereocenters. The fraction of sp³-hybridized carbons (Fsp3) is 0.909. The fourth-order valence-electron chi connectivity index (χ4n) is 1.19. The molecular formula is C11H22N2O. The van der Waals surface area contributed by atoms with Crippen LogP contribution in [0.1, 0.15) is 33.6 Å². The lowest BCUT2D eigenvalue weighted by molar-refractivity contribution is 0.108. The highest BCUT2D eigenvalue weighted by atomic mass is 16.5. The highest BCUT2D eigenvalue weighted by Gasteiger charge is 2.11. The third-order valence-electron chi connectivity index (χ3n) is 2.18. The highest BCUT2D eigenvalue weighted by Crippen LogP contribution is 2.02. The fourth-order valence-corrected chi connectivity index (χ4v) is 1.19. The zero-order chi connectivity index (χ0) is 10.8. The smallest absolute Gasteiger partial charge is 0.0622 e. The predicted molar refractivity (Wildman–Crippen MR) is 58.0 cm³/mol. The number of rotatable bonds is 8. The van der Waals surface area contributed by atoms with Gasteiger partial charge in [0.15, 0.2) is 0 Å². The maximum Gasteiger partial charge on any atom is 0.0622 e. The summed E-state index contributed by atoms with van der Waals surface area (Å²) in [6.45, 7) is 8.81. The normalized spacial score (nSPS) is 12.8. The quantitative estimate of drug-likeness (QED) is 0.606. The lowest BCUT2D eigenvalue weighted by atomic mass is 10.1. The van der Waals surface area contributed by atoms with E-state index in [-0.39, 0.29) is 0 Å². The number of hydrogen-bond acceptors (Lipinski definition) is 3. The van der Waals surface area contributed by atoms with E-state index in [1.165, 1.54) is 0 Å². The summed E-state index contributed by atoms with van der Waals surface area (Å²) in [5.41, 5.74) is 0. The van der Waals surface area contributed by atoms with E-state index < -0.39 is 0 Å².